The fourth-order valence-corrected chi connectivity index (χ4v) is 1.99. The van der Waals surface area contributed by atoms with Crippen molar-refractivity contribution in [2.45, 2.75) is 0 Å². The van der Waals surface area contributed by atoms with Crippen LogP contribution in [0.25, 0.3) is 17.2 Å². The normalized spacial score (nSPS) is 12.6. The highest BCUT2D eigenvalue weighted by Crippen LogP contribution is 2.23. The Labute approximate surface area is 102 Å². The number of halogens is 1. The molecule has 0 radical (unpaired) electrons. The van der Waals surface area contributed by atoms with Gasteiger partial charge in [0.1, 0.15) is 0 Å². The summed E-state index contributed by atoms with van der Waals surface area (Å²) in [5.41, 5.74) is 1.13. The Morgan fingerprint density at radius 1 is 1.41 bits per heavy atom. The highest BCUT2D eigenvalue weighted by atomic mass is 35.5. The lowest BCUT2D eigenvalue weighted by Crippen LogP contribution is -1.92. The minimum absolute atomic E-state index is 0.277. The minimum atomic E-state index is -3.25. The molecular formula is C10H8ClNO4S. The fraction of sp³-hybridized carbons (Fsp3) is 0.100. The summed E-state index contributed by atoms with van der Waals surface area (Å²) >= 11 is 5.84. The number of aromatic amines is 1. The van der Waals surface area contributed by atoms with Gasteiger partial charge >= 0.3 is 5.76 Å². The molecule has 0 aliphatic heterocycles. The van der Waals surface area contributed by atoms with Gasteiger partial charge in [-0.2, -0.15) is 0 Å². The molecular weight excluding hydrogens is 266 g/mol. The average molecular weight is 274 g/mol. The van der Waals surface area contributed by atoms with E-state index in [0.717, 1.165) is 11.7 Å². The van der Waals surface area contributed by atoms with Crippen LogP contribution in [0.2, 0.25) is 5.02 Å². The number of hydrogen-bond acceptors (Lipinski definition) is 4. The van der Waals surface area contributed by atoms with E-state index < -0.39 is 15.6 Å². The molecule has 0 aliphatic carbocycles. The molecule has 2 aromatic rings. The Morgan fingerprint density at radius 3 is 2.76 bits per heavy atom. The molecule has 7 heteroatoms. The van der Waals surface area contributed by atoms with Crippen LogP contribution in [0.3, 0.4) is 0 Å². The molecule has 0 bridgehead atoms. The fourth-order valence-electron chi connectivity index (χ4n) is 1.37. The highest BCUT2D eigenvalue weighted by Gasteiger charge is 2.07. The monoisotopic (exact) mass is 273 g/mol. The maximum atomic E-state index is 11.0. The van der Waals surface area contributed by atoms with E-state index in [1.165, 1.54) is 18.2 Å². The summed E-state index contributed by atoms with van der Waals surface area (Å²) in [4.78, 5) is 13.5. The van der Waals surface area contributed by atoms with E-state index in [0.29, 0.717) is 16.1 Å². The molecule has 0 atom stereocenters. The van der Waals surface area contributed by atoms with Gasteiger partial charge < -0.3 is 4.42 Å². The number of oxazole rings is 1. The first-order valence-corrected chi connectivity index (χ1v) is 6.89. The summed E-state index contributed by atoms with van der Waals surface area (Å²) in [7, 11) is -3.25. The number of fused-ring (bicyclic) bond motifs is 1. The van der Waals surface area contributed by atoms with Gasteiger partial charge in [-0.3, -0.25) is 4.98 Å². The molecule has 1 heterocycles. The second-order valence-electron chi connectivity index (χ2n) is 3.52. The predicted octanol–water partition coefficient (Wildman–Crippen LogP) is 1.79. The molecule has 0 unspecified atom stereocenters. The summed E-state index contributed by atoms with van der Waals surface area (Å²) in [6, 6.07) is 3.04. The molecule has 0 aliphatic rings. The van der Waals surface area contributed by atoms with E-state index in [1.807, 2.05) is 0 Å². The molecule has 0 fully saturated rings. The van der Waals surface area contributed by atoms with Gasteiger partial charge in [0, 0.05) is 22.2 Å². The minimum Gasteiger partial charge on any atom is -0.407 e. The van der Waals surface area contributed by atoms with Crippen molar-refractivity contribution in [3.05, 3.63) is 38.7 Å². The molecule has 2 rings (SSSR count). The van der Waals surface area contributed by atoms with Crippen LogP contribution in [-0.2, 0) is 9.84 Å². The maximum absolute atomic E-state index is 11.0. The van der Waals surface area contributed by atoms with E-state index in [9.17, 15) is 13.2 Å². The zero-order valence-corrected chi connectivity index (χ0v) is 10.3. The van der Waals surface area contributed by atoms with E-state index >= 15 is 0 Å². The molecule has 1 aromatic carbocycles. The molecule has 1 N–H and O–H groups in total. The average Bonchev–Trinajstić information content (AvgIpc) is 2.53. The number of nitrogens with one attached hydrogen (secondary N) is 1. The van der Waals surface area contributed by atoms with Crippen molar-refractivity contribution in [3.8, 4) is 0 Å². The molecule has 17 heavy (non-hydrogen) atoms. The van der Waals surface area contributed by atoms with Gasteiger partial charge in [-0.05, 0) is 18.2 Å². The van der Waals surface area contributed by atoms with E-state index in [1.54, 1.807) is 0 Å². The number of rotatable bonds is 2. The number of hydrogen-bond donors (Lipinski definition) is 1. The molecule has 0 saturated heterocycles. The Kier molecular flexibility index (Phi) is 2.84. The summed E-state index contributed by atoms with van der Waals surface area (Å²) in [5.74, 6) is -0.615. The van der Waals surface area contributed by atoms with Crippen LogP contribution in [0.15, 0.2) is 26.8 Å². The van der Waals surface area contributed by atoms with Crippen molar-refractivity contribution in [3.63, 3.8) is 0 Å². The summed E-state index contributed by atoms with van der Waals surface area (Å²) < 4.78 is 26.9. The van der Waals surface area contributed by atoms with Crippen LogP contribution in [0.1, 0.15) is 5.56 Å². The van der Waals surface area contributed by atoms with Crippen molar-refractivity contribution in [1.29, 1.82) is 0 Å². The van der Waals surface area contributed by atoms with E-state index in [4.69, 9.17) is 16.0 Å². The Hall–Kier alpha value is -1.53. The van der Waals surface area contributed by atoms with E-state index in [-0.39, 0.29) is 5.58 Å². The largest absolute Gasteiger partial charge is 0.417 e. The zero-order valence-electron chi connectivity index (χ0n) is 8.73. The number of H-pyrrole nitrogens is 1. The van der Waals surface area contributed by atoms with Gasteiger partial charge in [0.05, 0.1) is 5.52 Å². The summed E-state index contributed by atoms with van der Waals surface area (Å²) in [6.45, 7) is 0. The summed E-state index contributed by atoms with van der Waals surface area (Å²) in [6.07, 6.45) is 2.40. The van der Waals surface area contributed by atoms with Gasteiger partial charge in [-0.15, -0.1) is 0 Å². The van der Waals surface area contributed by atoms with Crippen LogP contribution >= 0.6 is 11.6 Å². The van der Waals surface area contributed by atoms with Crippen molar-refractivity contribution in [1.82, 2.24) is 4.98 Å². The maximum Gasteiger partial charge on any atom is 0.417 e. The Morgan fingerprint density at radius 2 is 2.12 bits per heavy atom. The van der Waals surface area contributed by atoms with Gasteiger partial charge in [0.15, 0.2) is 15.4 Å². The second kappa shape index (κ2) is 4.05. The highest BCUT2D eigenvalue weighted by molar-refractivity contribution is 7.93. The first-order valence-electron chi connectivity index (χ1n) is 4.56. The predicted molar refractivity (Wildman–Crippen MR) is 65.7 cm³/mol. The molecule has 90 valence electrons. The zero-order chi connectivity index (χ0) is 12.6. The first kappa shape index (κ1) is 11.9. The molecule has 5 nitrogen and oxygen atoms in total. The van der Waals surface area contributed by atoms with E-state index in [2.05, 4.69) is 4.98 Å². The van der Waals surface area contributed by atoms with Crippen LogP contribution in [0.4, 0.5) is 0 Å². The van der Waals surface area contributed by atoms with Crippen LogP contribution < -0.4 is 5.76 Å². The number of benzene rings is 1. The number of aromatic nitrogens is 1. The van der Waals surface area contributed by atoms with Crippen molar-refractivity contribution < 1.29 is 12.8 Å². The Balaban J connectivity index is 2.68. The van der Waals surface area contributed by atoms with Crippen LogP contribution in [0, 0.1) is 0 Å². The Bertz CT molecular complexity index is 754. The summed E-state index contributed by atoms with van der Waals surface area (Å²) in [5, 5.41) is 1.40. The van der Waals surface area contributed by atoms with Gasteiger partial charge in [-0.1, -0.05) is 11.6 Å². The lowest BCUT2D eigenvalue weighted by molar-refractivity contribution is 0.555. The van der Waals surface area contributed by atoms with Crippen LogP contribution in [0.5, 0.6) is 0 Å². The lowest BCUT2D eigenvalue weighted by Gasteiger charge is -1.96. The van der Waals surface area contributed by atoms with Crippen molar-refractivity contribution in [2.24, 2.45) is 0 Å². The molecule has 0 amide bonds. The third-order valence-corrected chi connectivity index (χ3v) is 2.86. The second-order valence-corrected chi connectivity index (χ2v) is 5.89. The molecule has 0 saturated carbocycles. The third kappa shape index (κ3) is 2.78. The lowest BCUT2D eigenvalue weighted by atomic mass is 10.2. The van der Waals surface area contributed by atoms with Gasteiger partial charge in [0.25, 0.3) is 0 Å². The van der Waals surface area contributed by atoms with Crippen molar-refractivity contribution >= 4 is 38.6 Å². The third-order valence-electron chi connectivity index (χ3n) is 2.01. The first-order chi connectivity index (χ1) is 7.85. The quantitative estimate of drug-likeness (QED) is 0.904. The standard InChI is InChI=1S/C10H8ClNO4S/c1-17(14,15)3-2-6-4-7(11)5-8-9(6)16-10(13)12-8/h2-5H,1H3,(H,12,13)/b3-2+. The molecule has 0 spiro atoms. The van der Waals surface area contributed by atoms with Gasteiger partial charge in [-0.25, -0.2) is 13.2 Å². The SMILES string of the molecule is CS(=O)(=O)/C=C/c1cc(Cl)cc2[nH]c(=O)oc12. The van der Waals surface area contributed by atoms with Gasteiger partial charge in [0.2, 0.25) is 0 Å². The topological polar surface area (TPSA) is 80.1 Å². The van der Waals surface area contributed by atoms with Crippen LogP contribution in [-0.4, -0.2) is 19.7 Å². The number of sulfone groups is 1. The van der Waals surface area contributed by atoms with Crippen molar-refractivity contribution in [2.75, 3.05) is 6.26 Å². The smallest absolute Gasteiger partial charge is 0.407 e. The molecule has 1 aromatic heterocycles.